The number of furan rings is 1. The average molecular weight is 566 g/mol. The number of methoxy groups -OCH3 is 1. The molecule has 1 atom stereocenters. The summed E-state index contributed by atoms with van der Waals surface area (Å²) in [5.41, 5.74) is 6.46. The van der Waals surface area contributed by atoms with E-state index in [1.54, 1.807) is 25.1 Å². The lowest BCUT2D eigenvalue weighted by molar-refractivity contribution is -0.147. The predicted octanol–water partition coefficient (Wildman–Crippen LogP) is 6.12. The van der Waals surface area contributed by atoms with Gasteiger partial charge in [0.25, 0.3) is 0 Å². The molecule has 3 aromatic carbocycles. The van der Waals surface area contributed by atoms with E-state index >= 15 is 0 Å². The van der Waals surface area contributed by atoms with E-state index in [2.05, 4.69) is 41.1 Å². The van der Waals surface area contributed by atoms with Gasteiger partial charge in [-0.05, 0) is 86.1 Å². The number of aryl methyl sites for hydroxylation is 2. The van der Waals surface area contributed by atoms with Crippen molar-refractivity contribution in [2.24, 2.45) is 5.10 Å². The quantitative estimate of drug-likeness (QED) is 0.124. The summed E-state index contributed by atoms with van der Waals surface area (Å²) in [5, 5.41) is 5.92. The number of nitrogens with one attached hydrogen (secondary N) is 1. The van der Waals surface area contributed by atoms with Gasteiger partial charge in [-0.1, -0.05) is 30.3 Å². The third-order valence-electron chi connectivity index (χ3n) is 6.76. The van der Waals surface area contributed by atoms with E-state index in [0.717, 1.165) is 27.8 Å². The maximum atomic E-state index is 12.7. The third kappa shape index (κ3) is 6.20. The van der Waals surface area contributed by atoms with Crippen LogP contribution in [0, 0.1) is 13.8 Å². The molecule has 0 unspecified atom stereocenters. The fraction of sp³-hybridized carbons (Fsp3) is 0.182. The zero-order chi connectivity index (χ0) is 29.6. The molecule has 0 saturated heterocycles. The van der Waals surface area contributed by atoms with Gasteiger partial charge in [-0.3, -0.25) is 4.79 Å². The first-order valence-corrected chi connectivity index (χ1v) is 13.4. The molecule has 0 saturated carbocycles. The standard InChI is InChI=1S/C33H31N3O6/c1-21-9-10-22(2)36(21)25-12-14-26(15-13-25)40-20-27-16-18-31(42-27)32(37)35-34-19-29-28-8-6-5-7-24(28)11-17-30(29)41-23(3)33(38)39-4/h5-19,23H,20H2,1-4H3,(H,35,37)/b34-19+/t23-/m1/s1. The first-order chi connectivity index (χ1) is 20.3. The minimum absolute atomic E-state index is 0.0911. The van der Waals surface area contributed by atoms with Crippen LogP contribution < -0.4 is 14.9 Å². The number of amides is 1. The number of hydrogen-bond acceptors (Lipinski definition) is 7. The van der Waals surface area contributed by atoms with E-state index < -0.39 is 18.0 Å². The number of fused-ring (bicyclic) bond motifs is 1. The van der Waals surface area contributed by atoms with E-state index in [1.165, 1.54) is 13.3 Å². The smallest absolute Gasteiger partial charge is 0.346 e. The van der Waals surface area contributed by atoms with Crippen LogP contribution in [0.4, 0.5) is 0 Å². The zero-order valence-electron chi connectivity index (χ0n) is 23.8. The fourth-order valence-electron chi connectivity index (χ4n) is 4.63. The Morgan fingerprint density at radius 3 is 2.43 bits per heavy atom. The van der Waals surface area contributed by atoms with Crippen molar-refractivity contribution >= 4 is 28.9 Å². The molecule has 0 aliphatic rings. The molecule has 0 fully saturated rings. The number of carbonyl (C=O) groups is 2. The second kappa shape index (κ2) is 12.5. The van der Waals surface area contributed by atoms with Gasteiger partial charge in [0, 0.05) is 22.6 Å². The highest BCUT2D eigenvalue weighted by Gasteiger charge is 2.18. The highest BCUT2D eigenvalue weighted by Crippen LogP contribution is 2.28. The van der Waals surface area contributed by atoms with E-state index in [1.807, 2.05) is 54.6 Å². The minimum Gasteiger partial charge on any atom is -0.486 e. The summed E-state index contributed by atoms with van der Waals surface area (Å²) >= 11 is 0. The highest BCUT2D eigenvalue weighted by atomic mass is 16.6. The van der Waals surface area contributed by atoms with Crippen molar-refractivity contribution in [3.8, 4) is 17.2 Å². The molecule has 2 heterocycles. The molecule has 214 valence electrons. The Morgan fingerprint density at radius 1 is 0.952 bits per heavy atom. The van der Waals surface area contributed by atoms with Gasteiger partial charge in [0.15, 0.2) is 11.9 Å². The second-order valence-electron chi connectivity index (χ2n) is 9.68. The number of rotatable bonds is 10. The van der Waals surface area contributed by atoms with Crippen molar-refractivity contribution < 1.29 is 28.2 Å². The molecular formula is C33H31N3O6. The van der Waals surface area contributed by atoms with Crippen molar-refractivity contribution in [3.05, 3.63) is 113 Å². The number of esters is 1. The van der Waals surface area contributed by atoms with Crippen LogP contribution in [-0.4, -0.2) is 35.9 Å². The van der Waals surface area contributed by atoms with Crippen molar-refractivity contribution in [2.45, 2.75) is 33.5 Å². The van der Waals surface area contributed by atoms with Crippen molar-refractivity contribution in [1.29, 1.82) is 0 Å². The normalized spacial score (nSPS) is 11.9. The van der Waals surface area contributed by atoms with Gasteiger partial charge in [-0.15, -0.1) is 0 Å². The Morgan fingerprint density at radius 2 is 1.69 bits per heavy atom. The van der Waals surface area contributed by atoms with Gasteiger partial charge in [-0.2, -0.15) is 5.10 Å². The maximum Gasteiger partial charge on any atom is 0.346 e. The molecule has 5 aromatic rings. The number of carbonyl (C=O) groups excluding carboxylic acids is 2. The number of nitrogens with zero attached hydrogens (tertiary/aromatic N) is 2. The molecule has 5 rings (SSSR count). The lowest BCUT2D eigenvalue weighted by Gasteiger charge is -2.15. The van der Waals surface area contributed by atoms with Crippen molar-refractivity contribution in [1.82, 2.24) is 9.99 Å². The van der Waals surface area contributed by atoms with Gasteiger partial charge < -0.3 is 23.2 Å². The minimum atomic E-state index is -0.827. The Bertz CT molecular complexity index is 1730. The summed E-state index contributed by atoms with van der Waals surface area (Å²) in [7, 11) is 1.30. The fourth-order valence-corrected chi connectivity index (χ4v) is 4.63. The zero-order valence-corrected chi connectivity index (χ0v) is 23.8. The molecule has 9 nitrogen and oxygen atoms in total. The van der Waals surface area contributed by atoms with Crippen LogP contribution in [0.15, 0.2) is 94.4 Å². The topological polar surface area (TPSA) is 104 Å². The Balaban J connectivity index is 1.22. The van der Waals surface area contributed by atoms with Crippen LogP contribution in [0.25, 0.3) is 16.5 Å². The Hall–Kier alpha value is -5.31. The summed E-state index contributed by atoms with van der Waals surface area (Å²) in [4.78, 5) is 24.6. The number of ether oxygens (including phenoxy) is 3. The maximum absolute atomic E-state index is 12.7. The molecule has 0 aliphatic heterocycles. The molecule has 0 radical (unpaired) electrons. The third-order valence-corrected chi connectivity index (χ3v) is 6.76. The van der Waals surface area contributed by atoms with Gasteiger partial charge in [0.05, 0.1) is 13.3 Å². The molecule has 2 aromatic heterocycles. The van der Waals surface area contributed by atoms with Gasteiger partial charge in [0.1, 0.15) is 23.9 Å². The lowest BCUT2D eigenvalue weighted by atomic mass is 10.0. The monoisotopic (exact) mass is 565 g/mol. The molecule has 1 amide bonds. The second-order valence-corrected chi connectivity index (χ2v) is 9.68. The number of hydrazone groups is 1. The molecular weight excluding hydrogens is 534 g/mol. The van der Waals surface area contributed by atoms with E-state index in [0.29, 0.717) is 22.8 Å². The van der Waals surface area contributed by atoms with E-state index in [4.69, 9.17) is 18.6 Å². The SMILES string of the molecule is COC(=O)[C@@H](C)Oc1ccc2ccccc2c1/C=N/NC(=O)c1ccc(COc2ccc(-n3c(C)ccc3C)cc2)o1. The number of aromatic nitrogens is 1. The first kappa shape index (κ1) is 28.2. The van der Waals surface area contributed by atoms with Crippen molar-refractivity contribution in [3.63, 3.8) is 0 Å². The van der Waals surface area contributed by atoms with Gasteiger partial charge in [-0.25, -0.2) is 10.2 Å². The molecule has 9 heteroatoms. The van der Waals surface area contributed by atoms with E-state index in [9.17, 15) is 9.59 Å². The molecule has 0 aliphatic carbocycles. The summed E-state index contributed by atoms with van der Waals surface area (Å²) in [6, 6.07) is 26.5. The van der Waals surface area contributed by atoms with Crippen LogP contribution in [-0.2, 0) is 16.1 Å². The van der Waals surface area contributed by atoms with E-state index in [-0.39, 0.29) is 12.4 Å². The molecule has 42 heavy (non-hydrogen) atoms. The van der Waals surface area contributed by atoms with Gasteiger partial charge in [0.2, 0.25) is 0 Å². The van der Waals surface area contributed by atoms with Crippen LogP contribution in [0.5, 0.6) is 11.5 Å². The predicted molar refractivity (Wildman–Crippen MR) is 159 cm³/mol. The van der Waals surface area contributed by atoms with Gasteiger partial charge >= 0.3 is 11.9 Å². The largest absolute Gasteiger partial charge is 0.486 e. The number of hydrogen-bond donors (Lipinski definition) is 1. The Kier molecular flexibility index (Phi) is 8.38. The summed E-state index contributed by atoms with van der Waals surface area (Å²) in [6.45, 7) is 5.89. The summed E-state index contributed by atoms with van der Waals surface area (Å²) in [5.74, 6) is 0.665. The number of benzene rings is 3. The summed E-state index contributed by atoms with van der Waals surface area (Å²) in [6.07, 6.45) is 0.653. The van der Waals surface area contributed by atoms with Crippen molar-refractivity contribution in [2.75, 3.05) is 7.11 Å². The van der Waals surface area contributed by atoms with Crippen LogP contribution in [0.3, 0.4) is 0 Å². The molecule has 1 N–H and O–H groups in total. The first-order valence-electron chi connectivity index (χ1n) is 13.4. The van der Waals surface area contributed by atoms with Crippen LogP contribution >= 0.6 is 0 Å². The Labute approximate surface area is 243 Å². The summed E-state index contributed by atoms with van der Waals surface area (Å²) < 4.78 is 24.3. The van der Waals surface area contributed by atoms with Crippen LogP contribution in [0.1, 0.15) is 40.2 Å². The van der Waals surface area contributed by atoms with Crippen LogP contribution in [0.2, 0.25) is 0 Å². The lowest BCUT2D eigenvalue weighted by Crippen LogP contribution is -2.25. The highest BCUT2D eigenvalue weighted by molar-refractivity contribution is 6.03. The average Bonchev–Trinajstić information content (AvgIpc) is 3.62. The molecule has 0 bridgehead atoms. The molecule has 0 spiro atoms.